The average molecular weight is 295 g/mol. The van der Waals surface area contributed by atoms with Crippen LogP contribution in [0.5, 0.6) is 0 Å². The third-order valence-electron chi connectivity index (χ3n) is 3.14. The van der Waals surface area contributed by atoms with Crippen molar-refractivity contribution in [2.45, 2.75) is 32.0 Å². The highest BCUT2D eigenvalue weighted by molar-refractivity contribution is 7.09. The van der Waals surface area contributed by atoms with Crippen molar-refractivity contribution in [2.75, 3.05) is 11.4 Å². The highest BCUT2D eigenvalue weighted by Crippen LogP contribution is 2.33. The number of rotatable bonds is 2. The zero-order chi connectivity index (χ0) is 14.2. The Bertz CT molecular complexity index is 477. The first-order valence-corrected chi connectivity index (χ1v) is 6.46. The molecule has 0 spiro atoms. The zero-order valence-electron chi connectivity index (χ0n) is 10.0. The van der Waals surface area contributed by atoms with Gasteiger partial charge in [-0.05, 0) is 19.8 Å². The molecule has 0 amide bonds. The van der Waals surface area contributed by atoms with Crippen LogP contribution in [-0.4, -0.2) is 33.0 Å². The van der Waals surface area contributed by atoms with Crippen LogP contribution in [0.2, 0.25) is 0 Å². The Labute approximate surface area is 111 Å². The van der Waals surface area contributed by atoms with Crippen molar-refractivity contribution >= 4 is 22.6 Å². The van der Waals surface area contributed by atoms with E-state index in [1.54, 1.807) is 11.8 Å². The lowest BCUT2D eigenvalue weighted by Gasteiger charge is -2.35. The van der Waals surface area contributed by atoms with Crippen molar-refractivity contribution in [3.05, 3.63) is 5.82 Å². The van der Waals surface area contributed by atoms with E-state index in [-0.39, 0.29) is 11.2 Å². The second-order valence-corrected chi connectivity index (χ2v) is 5.23. The van der Waals surface area contributed by atoms with Crippen molar-refractivity contribution in [3.8, 4) is 0 Å². The minimum atomic E-state index is -4.54. The molecule has 2 atom stereocenters. The van der Waals surface area contributed by atoms with Crippen molar-refractivity contribution in [1.82, 2.24) is 9.36 Å². The lowest BCUT2D eigenvalue weighted by Crippen LogP contribution is -2.42. The predicted octanol–water partition coefficient (Wildman–Crippen LogP) is 2.25. The van der Waals surface area contributed by atoms with E-state index < -0.39 is 23.9 Å². The number of carboxylic acid groups (broad SMARTS) is 1. The number of piperidine rings is 1. The Hall–Kier alpha value is -1.38. The number of halogens is 3. The minimum absolute atomic E-state index is 0.163. The van der Waals surface area contributed by atoms with Gasteiger partial charge in [0.1, 0.15) is 0 Å². The summed E-state index contributed by atoms with van der Waals surface area (Å²) in [6.07, 6.45) is -3.74. The summed E-state index contributed by atoms with van der Waals surface area (Å²) >= 11 is 0.694. The van der Waals surface area contributed by atoms with Gasteiger partial charge in [-0.25, -0.2) is 0 Å². The fourth-order valence-corrected chi connectivity index (χ4v) is 2.94. The van der Waals surface area contributed by atoms with E-state index in [1.165, 1.54) is 0 Å². The van der Waals surface area contributed by atoms with E-state index in [0.29, 0.717) is 30.9 Å². The van der Waals surface area contributed by atoms with Gasteiger partial charge in [-0.1, -0.05) is 0 Å². The molecule has 19 heavy (non-hydrogen) atoms. The largest absolute Gasteiger partial charge is 0.481 e. The van der Waals surface area contributed by atoms with Crippen LogP contribution in [0.4, 0.5) is 18.3 Å². The Morgan fingerprint density at radius 2 is 2.21 bits per heavy atom. The highest BCUT2D eigenvalue weighted by atomic mass is 32.1. The van der Waals surface area contributed by atoms with Crippen LogP contribution in [0.1, 0.15) is 25.6 Å². The standard InChI is InChI=1S/C10H12F3N3O2S/c1-5-4-6(7(17)18)2-3-16(5)9-14-8(15-19-9)10(11,12)13/h5-6H,2-4H2,1H3,(H,17,18). The van der Waals surface area contributed by atoms with Gasteiger partial charge in [0.05, 0.1) is 5.92 Å². The summed E-state index contributed by atoms with van der Waals surface area (Å²) in [5.41, 5.74) is 0. The molecule has 5 nitrogen and oxygen atoms in total. The topological polar surface area (TPSA) is 66.3 Å². The van der Waals surface area contributed by atoms with Crippen LogP contribution in [-0.2, 0) is 11.0 Å². The molecular formula is C10H12F3N3O2S. The van der Waals surface area contributed by atoms with Gasteiger partial charge in [-0.3, -0.25) is 4.79 Å². The summed E-state index contributed by atoms with van der Waals surface area (Å²) in [5, 5.41) is 9.13. The summed E-state index contributed by atoms with van der Waals surface area (Å²) in [5.74, 6) is -2.44. The Balaban J connectivity index is 2.11. The number of alkyl halides is 3. The normalized spacial score (nSPS) is 24.5. The first-order valence-electron chi connectivity index (χ1n) is 5.69. The zero-order valence-corrected chi connectivity index (χ0v) is 10.8. The van der Waals surface area contributed by atoms with E-state index in [0.717, 1.165) is 0 Å². The second kappa shape index (κ2) is 4.95. The summed E-state index contributed by atoms with van der Waals surface area (Å²) in [6, 6.07) is -0.163. The lowest BCUT2D eigenvalue weighted by molar-refractivity contribution is -0.144. The van der Waals surface area contributed by atoms with Crippen LogP contribution < -0.4 is 4.90 Å². The van der Waals surface area contributed by atoms with Crippen molar-refractivity contribution < 1.29 is 23.1 Å². The quantitative estimate of drug-likeness (QED) is 0.906. The fraction of sp³-hybridized carbons (Fsp3) is 0.700. The SMILES string of the molecule is CC1CC(C(=O)O)CCN1c1nc(C(F)(F)F)ns1. The van der Waals surface area contributed by atoms with Crippen LogP contribution in [0.15, 0.2) is 0 Å². The van der Waals surface area contributed by atoms with Gasteiger partial charge in [0.2, 0.25) is 11.0 Å². The number of aromatic nitrogens is 2. The Morgan fingerprint density at radius 1 is 1.53 bits per heavy atom. The average Bonchev–Trinajstić information content (AvgIpc) is 2.77. The van der Waals surface area contributed by atoms with Gasteiger partial charge >= 0.3 is 12.1 Å². The molecule has 9 heteroatoms. The number of hydrogen-bond acceptors (Lipinski definition) is 5. The molecule has 1 aliphatic heterocycles. The molecular weight excluding hydrogens is 283 g/mol. The van der Waals surface area contributed by atoms with E-state index in [9.17, 15) is 18.0 Å². The van der Waals surface area contributed by atoms with E-state index in [4.69, 9.17) is 5.11 Å². The third kappa shape index (κ3) is 2.96. The molecule has 1 aliphatic rings. The smallest absolute Gasteiger partial charge is 0.452 e. The van der Waals surface area contributed by atoms with Gasteiger partial charge in [0.25, 0.3) is 0 Å². The molecule has 2 heterocycles. The second-order valence-electron chi connectivity index (χ2n) is 4.50. The monoisotopic (exact) mass is 295 g/mol. The fourth-order valence-electron chi connectivity index (χ4n) is 2.13. The number of carbonyl (C=O) groups is 1. The van der Waals surface area contributed by atoms with Gasteiger partial charge in [-0.2, -0.15) is 22.5 Å². The number of hydrogen-bond donors (Lipinski definition) is 1. The molecule has 0 bridgehead atoms. The maximum Gasteiger partial charge on any atom is 0.452 e. The van der Waals surface area contributed by atoms with Gasteiger partial charge < -0.3 is 10.0 Å². The van der Waals surface area contributed by atoms with E-state index >= 15 is 0 Å². The van der Waals surface area contributed by atoms with Crippen LogP contribution in [0.25, 0.3) is 0 Å². The van der Waals surface area contributed by atoms with Crippen molar-refractivity contribution in [1.29, 1.82) is 0 Å². The molecule has 0 saturated carbocycles. The van der Waals surface area contributed by atoms with Gasteiger partial charge in [-0.15, -0.1) is 0 Å². The van der Waals surface area contributed by atoms with Crippen LogP contribution in [0.3, 0.4) is 0 Å². The molecule has 0 aliphatic carbocycles. The maximum absolute atomic E-state index is 12.4. The molecule has 1 N–H and O–H groups in total. The predicted molar refractivity (Wildman–Crippen MR) is 62.1 cm³/mol. The number of aliphatic carboxylic acids is 1. The molecule has 1 aromatic heterocycles. The third-order valence-corrected chi connectivity index (χ3v) is 3.89. The molecule has 2 rings (SSSR count). The number of carboxylic acids is 1. The molecule has 1 saturated heterocycles. The van der Waals surface area contributed by atoms with Crippen molar-refractivity contribution in [3.63, 3.8) is 0 Å². The van der Waals surface area contributed by atoms with Gasteiger partial charge in [0, 0.05) is 24.1 Å². The van der Waals surface area contributed by atoms with E-state index in [1.807, 2.05) is 0 Å². The summed E-state index contributed by atoms with van der Waals surface area (Å²) in [6.45, 7) is 2.16. The van der Waals surface area contributed by atoms with Crippen LogP contribution >= 0.6 is 11.5 Å². The first-order chi connectivity index (χ1) is 8.79. The Morgan fingerprint density at radius 3 is 2.68 bits per heavy atom. The molecule has 1 fully saturated rings. The molecule has 1 aromatic rings. The first kappa shape index (κ1) is 14.0. The van der Waals surface area contributed by atoms with Crippen molar-refractivity contribution in [2.24, 2.45) is 5.92 Å². The molecule has 0 radical (unpaired) electrons. The number of nitrogens with zero attached hydrogens (tertiary/aromatic N) is 3. The number of anilines is 1. The summed E-state index contributed by atoms with van der Waals surface area (Å²) in [4.78, 5) is 16.1. The highest BCUT2D eigenvalue weighted by Gasteiger charge is 2.38. The maximum atomic E-state index is 12.4. The Kier molecular flexibility index (Phi) is 3.66. The minimum Gasteiger partial charge on any atom is -0.481 e. The van der Waals surface area contributed by atoms with Crippen LogP contribution in [0, 0.1) is 5.92 Å². The molecule has 106 valence electrons. The molecule has 2 unspecified atom stereocenters. The summed E-state index contributed by atoms with van der Waals surface area (Å²) in [7, 11) is 0. The van der Waals surface area contributed by atoms with Gasteiger partial charge in [0.15, 0.2) is 0 Å². The van der Waals surface area contributed by atoms with E-state index in [2.05, 4.69) is 9.36 Å². The lowest BCUT2D eigenvalue weighted by atomic mass is 9.92. The summed E-state index contributed by atoms with van der Waals surface area (Å²) < 4.78 is 40.6. The molecule has 0 aromatic carbocycles.